The van der Waals surface area contributed by atoms with Gasteiger partial charge in [0.25, 0.3) is 0 Å². The summed E-state index contributed by atoms with van der Waals surface area (Å²) in [6.45, 7) is 2.27. The Balaban J connectivity index is 1.80. The van der Waals surface area contributed by atoms with E-state index in [4.69, 9.17) is 4.74 Å². The summed E-state index contributed by atoms with van der Waals surface area (Å²) in [5.41, 5.74) is 1.15. The molecule has 1 N–H and O–H groups in total. The highest BCUT2D eigenvalue weighted by atomic mass is 32.2. The lowest BCUT2D eigenvalue weighted by molar-refractivity contribution is 0.199. The standard InChI is InChI=1S/C11H13N5OS3/c1-17-4-2-12-6-8-9(19-11-13-7-14-20-11)15-10-16(8)3-5-18-10/h3,5,7,12H,2,4,6H2,1H3. The normalized spacial score (nSPS) is 11.4. The van der Waals surface area contributed by atoms with Crippen molar-refractivity contribution in [3.63, 3.8) is 0 Å². The number of imidazole rings is 1. The average Bonchev–Trinajstić information content (AvgIpc) is 3.14. The van der Waals surface area contributed by atoms with Crippen molar-refractivity contribution in [2.45, 2.75) is 15.9 Å². The Labute approximate surface area is 128 Å². The van der Waals surface area contributed by atoms with Crippen LogP contribution < -0.4 is 5.32 Å². The van der Waals surface area contributed by atoms with Crippen molar-refractivity contribution in [3.8, 4) is 0 Å². The second kappa shape index (κ2) is 6.64. The van der Waals surface area contributed by atoms with E-state index in [0.29, 0.717) is 6.61 Å². The van der Waals surface area contributed by atoms with Crippen molar-refractivity contribution in [2.75, 3.05) is 20.3 Å². The van der Waals surface area contributed by atoms with Crippen LogP contribution in [0.25, 0.3) is 4.96 Å². The molecule has 0 amide bonds. The molecule has 3 aromatic rings. The monoisotopic (exact) mass is 327 g/mol. The molecule has 20 heavy (non-hydrogen) atoms. The molecule has 0 aliphatic heterocycles. The van der Waals surface area contributed by atoms with E-state index in [9.17, 15) is 0 Å². The molecule has 0 saturated heterocycles. The largest absolute Gasteiger partial charge is 0.383 e. The summed E-state index contributed by atoms with van der Waals surface area (Å²) in [6.07, 6.45) is 3.62. The molecule has 3 rings (SSSR count). The third kappa shape index (κ3) is 3.01. The van der Waals surface area contributed by atoms with E-state index in [1.54, 1.807) is 36.5 Å². The Morgan fingerprint density at radius 2 is 2.45 bits per heavy atom. The topological polar surface area (TPSA) is 64.3 Å². The van der Waals surface area contributed by atoms with Gasteiger partial charge in [-0.05, 0) is 23.3 Å². The minimum atomic E-state index is 0.699. The van der Waals surface area contributed by atoms with E-state index in [1.165, 1.54) is 11.5 Å². The van der Waals surface area contributed by atoms with Crippen LogP contribution in [0.4, 0.5) is 0 Å². The van der Waals surface area contributed by atoms with Gasteiger partial charge in [-0.1, -0.05) is 0 Å². The van der Waals surface area contributed by atoms with Crippen molar-refractivity contribution in [3.05, 3.63) is 23.6 Å². The number of ether oxygens (including phenoxy) is 1. The van der Waals surface area contributed by atoms with Gasteiger partial charge >= 0.3 is 0 Å². The van der Waals surface area contributed by atoms with E-state index in [0.717, 1.165) is 33.1 Å². The van der Waals surface area contributed by atoms with Crippen molar-refractivity contribution >= 4 is 39.6 Å². The first-order valence-electron chi connectivity index (χ1n) is 5.97. The SMILES string of the molecule is COCCNCc1c(Sc2ncns2)nc2sccn12. The van der Waals surface area contributed by atoms with Crippen LogP contribution in [-0.4, -0.2) is 39.0 Å². The Kier molecular flexibility index (Phi) is 4.63. The van der Waals surface area contributed by atoms with Crippen molar-refractivity contribution in [1.82, 2.24) is 24.1 Å². The van der Waals surface area contributed by atoms with E-state index >= 15 is 0 Å². The van der Waals surface area contributed by atoms with Gasteiger partial charge < -0.3 is 10.1 Å². The molecule has 0 aliphatic rings. The van der Waals surface area contributed by atoms with Gasteiger partial charge in [0.05, 0.1) is 12.3 Å². The second-order valence-electron chi connectivity index (χ2n) is 3.90. The molecule has 0 atom stereocenters. The number of nitrogens with one attached hydrogen (secondary N) is 1. The molecule has 3 heterocycles. The maximum Gasteiger partial charge on any atom is 0.194 e. The summed E-state index contributed by atoms with van der Waals surface area (Å²) in [5, 5.41) is 6.39. The van der Waals surface area contributed by atoms with Crippen LogP contribution in [0.15, 0.2) is 27.3 Å². The Morgan fingerprint density at radius 3 is 3.25 bits per heavy atom. The minimum Gasteiger partial charge on any atom is -0.383 e. The van der Waals surface area contributed by atoms with E-state index < -0.39 is 0 Å². The van der Waals surface area contributed by atoms with Gasteiger partial charge in [0.1, 0.15) is 11.4 Å². The molecule has 0 aromatic carbocycles. The van der Waals surface area contributed by atoms with Gasteiger partial charge in [0.15, 0.2) is 9.30 Å². The fourth-order valence-corrected chi connectivity index (χ4v) is 4.00. The summed E-state index contributed by atoms with van der Waals surface area (Å²) in [7, 11) is 1.70. The van der Waals surface area contributed by atoms with Gasteiger partial charge in [0, 0.05) is 31.8 Å². The van der Waals surface area contributed by atoms with Crippen LogP contribution in [-0.2, 0) is 11.3 Å². The molecule has 3 aromatic heterocycles. The Morgan fingerprint density at radius 1 is 1.50 bits per heavy atom. The number of fused-ring (bicyclic) bond motifs is 1. The number of nitrogens with zero attached hydrogens (tertiary/aromatic N) is 4. The molecule has 0 unspecified atom stereocenters. The number of thiazole rings is 1. The number of rotatable bonds is 7. The van der Waals surface area contributed by atoms with E-state index in [-0.39, 0.29) is 0 Å². The number of hydrogen-bond acceptors (Lipinski definition) is 8. The van der Waals surface area contributed by atoms with Gasteiger partial charge in [-0.25, -0.2) is 9.97 Å². The molecule has 0 fully saturated rings. The maximum absolute atomic E-state index is 5.04. The molecule has 0 radical (unpaired) electrons. The third-order valence-corrected chi connectivity index (χ3v) is 5.12. The molecule has 0 spiro atoms. The van der Waals surface area contributed by atoms with E-state index in [1.807, 2.05) is 11.6 Å². The van der Waals surface area contributed by atoms with Gasteiger partial charge in [-0.15, -0.1) is 11.3 Å². The zero-order valence-electron chi connectivity index (χ0n) is 10.8. The van der Waals surface area contributed by atoms with Crippen LogP contribution >= 0.6 is 34.6 Å². The number of aromatic nitrogens is 4. The highest BCUT2D eigenvalue weighted by Crippen LogP contribution is 2.32. The first-order chi connectivity index (χ1) is 9.88. The lowest BCUT2D eigenvalue weighted by Crippen LogP contribution is -2.19. The first kappa shape index (κ1) is 14.0. The summed E-state index contributed by atoms with van der Waals surface area (Å²) in [4.78, 5) is 9.86. The molecular formula is C11H13N5OS3. The van der Waals surface area contributed by atoms with Crippen LogP contribution in [0, 0.1) is 0 Å². The minimum absolute atomic E-state index is 0.699. The van der Waals surface area contributed by atoms with Gasteiger partial charge in [-0.2, -0.15) is 4.37 Å². The summed E-state index contributed by atoms with van der Waals surface area (Å²) in [6, 6.07) is 0. The average molecular weight is 327 g/mol. The molecule has 0 saturated carbocycles. The molecule has 0 aliphatic carbocycles. The zero-order chi connectivity index (χ0) is 13.8. The zero-order valence-corrected chi connectivity index (χ0v) is 13.2. The first-order valence-corrected chi connectivity index (χ1v) is 8.44. The van der Waals surface area contributed by atoms with Crippen LogP contribution in [0.5, 0.6) is 0 Å². The highest BCUT2D eigenvalue weighted by Gasteiger charge is 2.15. The smallest absolute Gasteiger partial charge is 0.194 e. The summed E-state index contributed by atoms with van der Waals surface area (Å²) >= 11 is 4.58. The number of hydrogen-bond donors (Lipinski definition) is 1. The van der Waals surface area contributed by atoms with Crippen LogP contribution in [0.2, 0.25) is 0 Å². The Hall–Kier alpha value is -1.00. The van der Waals surface area contributed by atoms with Crippen molar-refractivity contribution < 1.29 is 4.74 Å². The highest BCUT2D eigenvalue weighted by molar-refractivity contribution is 8.00. The fraction of sp³-hybridized carbons (Fsp3) is 0.364. The van der Waals surface area contributed by atoms with Crippen LogP contribution in [0.1, 0.15) is 5.69 Å². The lowest BCUT2D eigenvalue weighted by atomic mass is 10.4. The maximum atomic E-state index is 5.04. The third-order valence-electron chi connectivity index (χ3n) is 2.62. The lowest BCUT2D eigenvalue weighted by Gasteiger charge is -2.05. The number of methoxy groups -OCH3 is 1. The predicted octanol–water partition coefficient (Wildman–Crippen LogP) is 2.13. The molecule has 0 bridgehead atoms. The van der Waals surface area contributed by atoms with Crippen molar-refractivity contribution in [1.29, 1.82) is 0 Å². The summed E-state index contributed by atoms with van der Waals surface area (Å²) < 4.78 is 12.1. The molecule has 106 valence electrons. The quantitative estimate of drug-likeness (QED) is 0.671. The van der Waals surface area contributed by atoms with Crippen LogP contribution in [0.3, 0.4) is 0 Å². The molecule has 9 heteroatoms. The summed E-state index contributed by atoms with van der Waals surface area (Å²) in [5.74, 6) is 0. The van der Waals surface area contributed by atoms with Crippen molar-refractivity contribution in [2.24, 2.45) is 0 Å². The van der Waals surface area contributed by atoms with Gasteiger partial charge in [0.2, 0.25) is 0 Å². The fourth-order valence-electron chi connectivity index (χ4n) is 1.73. The second-order valence-corrected chi connectivity index (χ2v) is 6.79. The predicted molar refractivity (Wildman–Crippen MR) is 80.7 cm³/mol. The van der Waals surface area contributed by atoms with E-state index in [2.05, 4.69) is 24.1 Å². The molecule has 6 nitrogen and oxygen atoms in total. The Bertz CT molecular complexity index is 663. The molecular weight excluding hydrogens is 314 g/mol. The van der Waals surface area contributed by atoms with Gasteiger partial charge in [-0.3, -0.25) is 4.40 Å².